The van der Waals surface area contributed by atoms with Crippen LogP contribution in [-0.4, -0.2) is 160 Å². The molecule has 18 nitrogen and oxygen atoms in total. The molecule has 4 aliphatic heterocycles. The van der Waals surface area contributed by atoms with Crippen LogP contribution in [0.25, 0.3) is 0 Å². The number of carboxylic acid groups (broad SMARTS) is 1. The number of carbonyl (C=O) groups is 4. The van der Waals surface area contributed by atoms with Crippen molar-refractivity contribution in [1.82, 2.24) is 20.4 Å². The lowest BCUT2D eigenvalue weighted by atomic mass is 9.87. The van der Waals surface area contributed by atoms with E-state index in [-0.39, 0.29) is 74.6 Å². The number of fused-ring (bicyclic) bond motifs is 2. The van der Waals surface area contributed by atoms with Gasteiger partial charge in [0.1, 0.15) is 75.4 Å². The van der Waals surface area contributed by atoms with Crippen molar-refractivity contribution in [2.24, 2.45) is 0 Å². The summed E-state index contributed by atoms with van der Waals surface area (Å²) in [4.78, 5) is 51.1. The number of alkyl halides is 1. The summed E-state index contributed by atoms with van der Waals surface area (Å²) >= 11 is 27.6. The van der Waals surface area contributed by atoms with Gasteiger partial charge in [-0.2, -0.15) is 0 Å². The number of aliphatic hydroxyl groups excluding tert-OH is 2. The van der Waals surface area contributed by atoms with Gasteiger partial charge < -0.3 is 69.3 Å². The molecule has 2 saturated heterocycles. The van der Waals surface area contributed by atoms with Gasteiger partial charge >= 0.3 is 11.9 Å². The molecule has 0 aliphatic carbocycles. The Balaban J connectivity index is 0.000000223. The van der Waals surface area contributed by atoms with Crippen LogP contribution in [-0.2, 0) is 27.2 Å². The van der Waals surface area contributed by atoms with Crippen LogP contribution in [0.15, 0.2) is 60.7 Å². The number of carbonyl (C=O) groups excluding carboxylic acids is 3. The number of hydrogen-bond acceptors (Lipinski definition) is 15. The Morgan fingerprint density at radius 2 is 1.11 bits per heavy atom. The molecule has 0 bridgehead atoms. The Kier molecular flexibility index (Phi) is 21.8. The van der Waals surface area contributed by atoms with E-state index in [9.17, 15) is 39.6 Å². The Morgan fingerprint density at radius 3 is 1.51 bits per heavy atom. The number of esters is 1. The number of aliphatic hydroxyl groups is 2. The van der Waals surface area contributed by atoms with Gasteiger partial charge in [-0.3, -0.25) is 14.4 Å². The number of halogens is 5. The Bertz CT molecular complexity index is 2820. The molecule has 432 valence electrons. The number of carboxylic acids is 1. The molecule has 0 radical (unpaired) electrons. The molecule has 8 rings (SSSR count). The lowest BCUT2D eigenvalue weighted by Gasteiger charge is -2.39. The van der Waals surface area contributed by atoms with Crippen LogP contribution in [0.1, 0.15) is 92.1 Å². The average Bonchev–Trinajstić information content (AvgIpc) is 3.96. The second-order valence-electron chi connectivity index (χ2n) is 20.8. The summed E-state index contributed by atoms with van der Waals surface area (Å²) in [6.45, 7) is 12.3. The van der Waals surface area contributed by atoms with E-state index in [1.54, 1.807) is 20.8 Å². The molecule has 4 aromatic rings. The third kappa shape index (κ3) is 17.0. The molecule has 0 unspecified atom stereocenters. The lowest BCUT2D eigenvalue weighted by molar-refractivity contribution is -0.152. The van der Waals surface area contributed by atoms with Crippen molar-refractivity contribution in [1.29, 1.82) is 0 Å². The molecule has 4 aromatic carbocycles. The van der Waals surface area contributed by atoms with Crippen LogP contribution in [0.2, 0.25) is 20.1 Å². The minimum Gasteiger partial charge on any atom is -0.506 e. The molecule has 4 aliphatic rings. The summed E-state index contributed by atoms with van der Waals surface area (Å²) in [5.41, 5.74) is 0.618. The highest BCUT2D eigenvalue weighted by molar-refractivity contribution is 9.10. The van der Waals surface area contributed by atoms with Gasteiger partial charge in [0.25, 0.3) is 11.8 Å². The van der Waals surface area contributed by atoms with Crippen molar-refractivity contribution < 1.29 is 68.0 Å². The Labute approximate surface area is 488 Å². The first-order chi connectivity index (χ1) is 37.2. The predicted molar refractivity (Wildman–Crippen MR) is 305 cm³/mol. The molecular formula is C56H69BrCl4N4O14. The van der Waals surface area contributed by atoms with E-state index >= 15 is 0 Å². The number of amides is 2. The standard InChI is InChI=1S/C27H32Cl2N2O7.C23H26Cl2N2O5.C6H11BrO2/c1-26(2,25(34)35)37-23-12-22(19(11-20(23)29)24(33)30-3)36-15-18(32)14-31-8-6-27(7-9-31)13-16-10-17(28)4-5-21(16)38-27;1-26-22(30)17-9-18(25)19(29)10-21(17)31-13-16(28)12-27-6-4-23(5-7-27)11-14-8-15(24)2-3-20(14)32-23;1-4-9-5(8)6(2,3)7/h4-5,10-12,18,32H,6-9,13-15H2,1-3H3,(H,30,33)(H,34,35);2-3,8-10,16,28-29H,4-7,11-13H2,1H3,(H,26,30);4H2,1-3H3/t18-;16-;/m00./s1. The fourth-order valence-electron chi connectivity index (χ4n) is 9.36. The molecule has 2 spiro atoms. The topological polar surface area (TPSA) is 235 Å². The minimum atomic E-state index is -1.56. The van der Waals surface area contributed by atoms with Crippen LogP contribution in [0.3, 0.4) is 0 Å². The normalized spacial score (nSPS) is 17.0. The number of β-amino-alcohol motifs (C(OH)–C–C–N with tert-alkyl or cyclic N) is 2. The fraction of sp³-hybridized carbons (Fsp3) is 0.500. The predicted octanol–water partition coefficient (Wildman–Crippen LogP) is 8.80. The van der Waals surface area contributed by atoms with Crippen molar-refractivity contribution in [3.63, 3.8) is 0 Å². The number of hydrogen-bond donors (Lipinski definition) is 6. The fourth-order valence-corrected chi connectivity index (χ4v) is 10.2. The van der Waals surface area contributed by atoms with Crippen LogP contribution in [0, 0.1) is 0 Å². The summed E-state index contributed by atoms with van der Waals surface area (Å²) in [6.07, 6.45) is 3.44. The zero-order chi connectivity index (χ0) is 58.0. The van der Waals surface area contributed by atoms with E-state index in [1.165, 1.54) is 52.2 Å². The van der Waals surface area contributed by atoms with Crippen molar-refractivity contribution in [2.75, 3.05) is 73.2 Å². The smallest absolute Gasteiger partial charge is 0.347 e. The van der Waals surface area contributed by atoms with E-state index in [1.807, 2.05) is 36.4 Å². The molecule has 0 saturated carbocycles. The van der Waals surface area contributed by atoms with Gasteiger partial charge in [0.2, 0.25) is 0 Å². The minimum absolute atomic E-state index is 0.0207. The maximum atomic E-state index is 12.4. The highest BCUT2D eigenvalue weighted by Crippen LogP contribution is 2.44. The van der Waals surface area contributed by atoms with Crippen molar-refractivity contribution in [3.05, 3.63) is 103 Å². The summed E-state index contributed by atoms with van der Waals surface area (Å²) in [5.74, 6) is -0.282. The molecule has 2 fully saturated rings. The van der Waals surface area contributed by atoms with E-state index in [2.05, 4.69) is 36.4 Å². The number of benzene rings is 4. The van der Waals surface area contributed by atoms with E-state index in [0.29, 0.717) is 24.7 Å². The molecule has 0 aromatic heterocycles. The maximum absolute atomic E-state index is 12.4. The van der Waals surface area contributed by atoms with Crippen LogP contribution in [0.5, 0.6) is 34.5 Å². The first-order valence-electron chi connectivity index (χ1n) is 25.8. The SMILES string of the molecule is CCOC(=O)C(C)(C)Br.CNC(=O)c1cc(Cl)c(O)cc1OC[C@@H](O)CN1CCC2(CC1)Cc1cc(Cl)ccc1O2.CNC(=O)c1cc(Cl)c(OC(C)(C)C(=O)O)cc1OC[C@@H](O)CN1CCC2(CC1)Cc1cc(Cl)ccc1O2. The number of piperidine rings is 2. The largest absolute Gasteiger partial charge is 0.506 e. The zero-order valence-corrected chi connectivity index (χ0v) is 49.8. The number of rotatable bonds is 17. The lowest BCUT2D eigenvalue weighted by Crippen LogP contribution is -2.49. The third-order valence-electron chi connectivity index (χ3n) is 13.7. The molecule has 2 atom stereocenters. The zero-order valence-electron chi connectivity index (χ0n) is 45.2. The average molecular weight is 1240 g/mol. The van der Waals surface area contributed by atoms with Crippen LogP contribution >= 0.6 is 62.3 Å². The van der Waals surface area contributed by atoms with Crippen molar-refractivity contribution in [2.45, 2.75) is 106 Å². The van der Waals surface area contributed by atoms with E-state index in [4.69, 9.17) is 74.8 Å². The van der Waals surface area contributed by atoms with Gasteiger partial charge in [0.15, 0.2) is 5.60 Å². The molecule has 6 N–H and O–H groups in total. The van der Waals surface area contributed by atoms with Gasteiger partial charge in [-0.25, -0.2) is 4.79 Å². The number of aromatic hydroxyl groups is 1. The number of nitrogens with one attached hydrogen (secondary N) is 2. The summed E-state index contributed by atoms with van der Waals surface area (Å²) in [7, 11) is 2.96. The van der Waals surface area contributed by atoms with E-state index in [0.717, 1.165) is 92.4 Å². The molecule has 23 heteroatoms. The molecular weight excluding hydrogens is 1170 g/mol. The van der Waals surface area contributed by atoms with Crippen molar-refractivity contribution in [3.8, 4) is 34.5 Å². The van der Waals surface area contributed by atoms with E-state index < -0.39 is 39.9 Å². The number of phenolic OH excluding ortho intramolecular Hbond substituents is 1. The highest BCUT2D eigenvalue weighted by atomic mass is 79.9. The van der Waals surface area contributed by atoms with Gasteiger partial charge in [-0.15, -0.1) is 0 Å². The summed E-state index contributed by atoms with van der Waals surface area (Å²) < 4.78 is 33.8. The van der Waals surface area contributed by atoms with Crippen LogP contribution < -0.4 is 34.3 Å². The van der Waals surface area contributed by atoms with Gasteiger partial charge in [0, 0.05) is 114 Å². The molecule has 79 heavy (non-hydrogen) atoms. The first-order valence-corrected chi connectivity index (χ1v) is 28.1. The number of nitrogens with zero attached hydrogens (tertiary/aromatic N) is 2. The highest BCUT2D eigenvalue weighted by Gasteiger charge is 2.44. The van der Waals surface area contributed by atoms with Gasteiger partial charge in [-0.1, -0.05) is 62.3 Å². The monoisotopic (exact) mass is 1240 g/mol. The number of phenols is 1. The third-order valence-corrected chi connectivity index (χ3v) is 15.1. The number of aliphatic carboxylic acids is 1. The van der Waals surface area contributed by atoms with Crippen molar-refractivity contribution >= 4 is 86.1 Å². The Hall–Kier alpha value is -4.96. The summed E-state index contributed by atoms with van der Waals surface area (Å²) in [5, 5.41) is 47.0. The number of ether oxygens (including phenoxy) is 6. The summed E-state index contributed by atoms with van der Waals surface area (Å²) in [6, 6.07) is 16.8. The molecule has 4 heterocycles. The van der Waals surface area contributed by atoms with Gasteiger partial charge in [0.05, 0.1) is 27.8 Å². The van der Waals surface area contributed by atoms with Crippen LogP contribution in [0.4, 0.5) is 0 Å². The number of likely N-dealkylation sites (tertiary alicyclic amines) is 2. The van der Waals surface area contributed by atoms with Gasteiger partial charge in [-0.05, 0) is 94.3 Å². The molecule has 2 amide bonds. The maximum Gasteiger partial charge on any atom is 0.347 e. The first kappa shape index (κ1) is 63.2. The second kappa shape index (κ2) is 27.2. The Morgan fingerprint density at radius 1 is 0.684 bits per heavy atom. The second-order valence-corrected chi connectivity index (χ2v) is 24.5. The quantitative estimate of drug-likeness (QED) is 0.0428.